The van der Waals surface area contributed by atoms with Crippen LogP contribution in [0.15, 0.2) is 30.9 Å². The third-order valence-electron chi connectivity index (χ3n) is 4.88. The summed E-state index contributed by atoms with van der Waals surface area (Å²) in [7, 11) is 0. The van der Waals surface area contributed by atoms with Gasteiger partial charge in [-0.1, -0.05) is 6.42 Å². The van der Waals surface area contributed by atoms with Crippen molar-refractivity contribution in [3.8, 4) is 0 Å². The van der Waals surface area contributed by atoms with Crippen molar-refractivity contribution in [1.29, 1.82) is 0 Å². The summed E-state index contributed by atoms with van der Waals surface area (Å²) in [6.07, 6.45) is 9.24. The number of pyridine rings is 1. The predicted molar refractivity (Wildman–Crippen MR) is 86.5 cm³/mol. The first-order valence-corrected chi connectivity index (χ1v) is 8.35. The first-order valence-electron chi connectivity index (χ1n) is 8.35. The van der Waals surface area contributed by atoms with Gasteiger partial charge in [-0.25, -0.2) is 4.98 Å². The number of nitrogens with zero attached hydrogens (tertiary/aromatic N) is 3. The highest BCUT2D eigenvalue weighted by molar-refractivity contribution is 5.95. The van der Waals surface area contributed by atoms with E-state index in [1.807, 2.05) is 22.7 Å². The summed E-state index contributed by atoms with van der Waals surface area (Å²) in [6.45, 7) is 3.44. The van der Waals surface area contributed by atoms with Crippen LogP contribution in [0, 0.1) is 0 Å². The quantitative estimate of drug-likeness (QED) is 0.928. The Bertz CT molecular complexity index is 699. The van der Waals surface area contributed by atoms with Crippen molar-refractivity contribution in [3.05, 3.63) is 36.4 Å². The molecule has 122 valence electrons. The standard InChI is InChI=1S/C17H22N4O2/c22-17(13-4-6-21-12-18-8-15(21)7-13)19-9-16-10-20-5-2-1-3-14(20)11-23-16/h4,6-8,12,14,16H,1-3,5,9-11H2,(H,19,22)/t14-,16+/m0/s1. The Hall–Kier alpha value is -1.92. The maximum absolute atomic E-state index is 12.3. The highest BCUT2D eigenvalue weighted by atomic mass is 16.5. The van der Waals surface area contributed by atoms with E-state index in [4.69, 9.17) is 4.74 Å². The average molecular weight is 314 g/mol. The van der Waals surface area contributed by atoms with Crippen molar-refractivity contribution in [2.75, 3.05) is 26.2 Å². The van der Waals surface area contributed by atoms with Crippen LogP contribution in [0.5, 0.6) is 0 Å². The van der Waals surface area contributed by atoms with E-state index in [0.29, 0.717) is 18.2 Å². The Balaban J connectivity index is 1.34. The average Bonchev–Trinajstić information content (AvgIpc) is 3.07. The van der Waals surface area contributed by atoms with Gasteiger partial charge in [0, 0.05) is 30.9 Å². The molecule has 2 atom stereocenters. The van der Waals surface area contributed by atoms with E-state index in [2.05, 4.69) is 15.2 Å². The molecule has 0 radical (unpaired) electrons. The SMILES string of the molecule is O=C(NC[C@@H]1CN2CCCC[C@H]2CO1)c1ccn2cncc2c1. The summed E-state index contributed by atoms with van der Waals surface area (Å²) in [5.41, 5.74) is 1.58. The van der Waals surface area contributed by atoms with Crippen LogP contribution in [-0.4, -0.2) is 58.6 Å². The summed E-state index contributed by atoms with van der Waals surface area (Å²) in [5, 5.41) is 3.00. The Morgan fingerprint density at radius 2 is 2.39 bits per heavy atom. The van der Waals surface area contributed by atoms with Crippen LogP contribution in [0.2, 0.25) is 0 Å². The fourth-order valence-corrected chi connectivity index (χ4v) is 3.54. The first kappa shape index (κ1) is 14.7. The van der Waals surface area contributed by atoms with Crippen LogP contribution in [-0.2, 0) is 4.74 Å². The van der Waals surface area contributed by atoms with E-state index in [-0.39, 0.29) is 12.0 Å². The van der Waals surface area contributed by atoms with E-state index >= 15 is 0 Å². The van der Waals surface area contributed by atoms with Gasteiger partial charge in [-0.2, -0.15) is 0 Å². The fraction of sp³-hybridized carbons (Fsp3) is 0.529. The van der Waals surface area contributed by atoms with Gasteiger partial charge in [-0.05, 0) is 31.5 Å². The molecule has 6 nitrogen and oxygen atoms in total. The Labute approximate surface area is 135 Å². The van der Waals surface area contributed by atoms with Gasteiger partial charge in [-0.3, -0.25) is 9.69 Å². The zero-order valence-corrected chi connectivity index (χ0v) is 13.1. The molecule has 2 saturated heterocycles. The zero-order chi connectivity index (χ0) is 15.6. The van der Waals surface area contributed by atoms with Gasteiger partial charge in [0.15, 0.2) is 0 Å². The number of carbonyl (C=O) groups excluding carboxylic acids is 1. The lowest BCUT2D eigenvalue weighted by atomic mass is 10.0. The maximum atomic E-state index is 12.3. The van der Waals surface area contributed by atoms with Gasteiger partial charge >= 0.3 is 0 Å². The predicted octanol–water partition coefficient (Wildman–Crippen LogP) is 1.32. The van der Waals surface area contributed by atoms with Crippen molar-refractivity contribution in [1.82, 2.24) is 19.6 Å². The minimum absolute atomic E-state index is 0.0573. The zero-order valence-electron chi connectivity index (χ0n) is 13.1. The highest BCUT2D eigenvalue weighted by Crippen LogP contribution is 2.21. The summed E-state index contributed by atoms with van der Waals surface area (Å²) < 4.78 is 7.81. The Morgan fingerprint density at radius 1 is 1.43 bits per heavy atom. The van der Waals surface area contributed by atoms with Crippen molar-refractivity contribution in [3.63, 3.8) is 0 Å². The van der Waals surface area contributed by atoms with E-state index in [1.54, 1.807) is 12.5 Å². The molecule has 23 heavy (non-hydrogen) atoms. The van der Waals surface area contributed by atoms with Gasteiger partial charge in [0.1, 0.15) is 0 Å². The second-order valence-electron chi connectivity index (χ2n) is 6.45. The normalized spacial score (nSPS) is 25.2. The second kappa shape index (κ2) is 6.29. The summed E-state index contributed by atoms with van der Waals surface area (Å²) in [6, 6.07) is 4.25. The van der Waals surface area contributed by atoms with Crippen LogP contribution in [0.4, 0.5) is 0 Å². The Morgan fingerprint density at radius 3 is 3.35 bits per heavy atom. The molecule has 2 aromatic rings. The number of ether oxygens (including phenoxy) is 1. The lowest BCUT2D eigenvalue weighted by molar-refractivity contribution is -0.0725. The summed E-state index contributed by atoms with van der Waals surface area (Å²) in [4.78, 5) is 18.9. The molecule has 1 N–H and O–H groups in total. The van der Waals surface area contributed by atoms with Crippen molar-refractivity contribution in [2.24, 2.45) is 0 Å². The minimum atomic E-state index is -0.0573. The number of aromatic nitrogens is 2. The monoisotopic (exact) mass is 314 g/mol. The molecule has 0 aromatic carbocycles. The van der Waals surface area contributed by atoms with E-state index < -0.39 is 0 Å². The highest BCUT2D eigenvalue weighted by Gasteiger charge is 2.30. The first-order chi connectivity index (χ1) is 11.3. The van der Waals surface area contributed by atoms with Crippen molar-refractivity contribution in [2.45, 2.75) is 31.4 Å². The molecule has 1 amide bonds. The Kier molecular flexibility index (Phi) is 4.01. The van der Waals surface area contributed by atoms with Gasteiger partial charge < -0.3 is 14.5 Å². The molecule has 2 fully saturated rings. The fourth-order valence-electron chi connectivity index (χ4n) is 3.54. The number of morpholine rings is 1. The van der Waals surface area contributed by atoms with Crippen LogP contribution in [0.25, 0.3) is 5.52 Å². The molecular weight excluding hydrogens is 292 g/mol. The third-order valence-corrected chi connectivity index (χ3v) is 4.88. The number of piperidine rings is 1. The number of fused-ring (bicyclic) bond motifs is 2. The molecule has 0 unspecified atom stereocenters. The van der Waals surface area contributed by atoms with Crippen LogP contribution in [0.3, 0.4) is 0 Å². The summed E-state index contributed by atoms with van der Waals surface area (Å²) in [5.74, 6) is -0.0573. The summed E-state index contributed by atoms with van der Waals surface area (Å²) >= 11 is 0. The second-order valence-corrected chi connectivity index (χ2v) is 6.45. The number of rotatable bonds is 3. The lowest BCUT2D eigenvalue weighted by Gasteiger charge is -2.42. The molecular formula is C17H22N4O2. The minimum Gasteiger partial charge on any atom is -0.373 e. The smallest absolute Gasteiger partial charge is 0.251 e. The van der Waals surface area contributed by atoms with E-state index in [1.165, 1.54) is 19.3 Å². The van der Waals surface area contributed by atoms with Crippen LogP contribution >= 0.6 is 0 Å². The molecule has 2 aromatic heterocycles. The van der Waals surface area contributed by atoms with Crippen LogP contribution in [0.1, 0.15) is 29.6 Å². The number of carbonyl (C=O) groups is 1. The van der Waals surface area contributed by atoms with Crippen molar-refractivity contribution >= 4 is 11.4 Å². The van der Waals surface area contributed by atoms with Gasteiger partial charge in [-0.15, -0.1) is 0 Å². The molecule has 6 heteroatoms. The number of amides is 1. The number of nitrogens with one attached hydrogen (secondary N) is 1. The number of hydrogen-bond donors (Lipinski definition) is 1. The maximum Gasteiger partial charge on any atom is 0.251 e. The largest absolute Gasteiger partial charge is 0.373 e. The molecule has 4 heterocycles. The van der Waals surface area contributed by atoms with Gasteiger partial charge in [0.05, 0.1) is 30.8 Å². The van der Waals surface area contributed by atoms with Crippen LogP contribution < -0.4 is 5.32 Å². The van der Waals surface area contributed by atoms with Gasteiger partial charge in [0.25, 0.3) is 5.91 Å². The molecule has 0 saturated carbocycles. The van der Waals surface area contributed by atoms with Gasteiger partial charge in [0.2, 0.25) is 0 Å². The topological polar surface area (TPSA) is 58.9 Å². The number of imidazole rings is 1. The lowest BCUT2D eigenvalue weighted by Crippen LogP contribution is -2.54. The molecule has 0 bridgehead atoms. The molecule has 2 aliphatic heterocycles. The van der Waals surface area contributed by atoms with Crippen molar-refractivity contribution < 1.29 is 9.53 Å². The molecule has 2 aliphatic rings. The molecule has 0 aliphatic carbocycles. The third kappa shape index (κ3) is 3.09. The van der Waals surface area contributed by atoms with E-state index in [9.17, 15) is 4.79 Å². The molecule has 4 rings (SSSR count). The molecule has 0 spiro atoms. The van der Waals surface area contributed by atoms with E-state index in [0.717, 1.165) is 25.2 Å². The number of hydrogen-bond acceptors (Lipinski definition) is 4.